The van der Waals surface area contributed by atoms with E-state index in [4.69, 9.17) is 5.11 Å². The number of benzene rings is 1. The van der Waals surface area contributed by atoms with Crippen molar-refractivity contribution in [3.8, 4) is 0 Å². The monoisotopic (exact) mass is 212 g/mol. The van der Waals surface area contributed by atoms with Crippen molar-refractivity contribution < 1.29 is 27.1 Å². The molecule has 1 aromatic rings. The standard InChI is InChI=1S/C8H5F5O/c1-3-4(8(12,13)14)2-5(9)7(11)6(3)10/h2,14H,1H3. The van der Waals surface area contributed by atoms with Gasteiger partial charge >= 0.3 is 6.11 Å². The highest BCUT2D eigenvalue weighted by Crippen LogP contribution is 2.30. The van der Waals surface area contributed by atoms with Gasteiger partial charge in [0, 0.05) is 0 Å². The molecule has 0 saturated heterocycles. The maximum Gasteiger partial charge on any atom is 0.381 e. The number of alkyl halides is 2. The number of rotatable bonds is 1. The zero-order valence-corrected chi connectivity index (χ0v) is 6.91. The van der Waals surface area contributed by atoms with Crippen molar-refractivity contribution in [2.24, 2.45) is 0 Å². The van der Waals surface area contributed by atoms with E-state index in [1.165, 1.54) is 0 Å². The van der Waals surface area contributed by atoms with Crippen LogP contribution in [0.25, 0.3) is 0 Å². The Morgan fingerprint density at radius 1 is 1.14 bits per heavy atom. The van der Waals surface area contributed by atoms with Crippen LogP contribution in [0.2, 0.25) is 0 Å². The lowest BCUT2D eigenvalue weighted by atomic mass is 10.1. The van der Waals surface area contributed by atoms with Crippen LogP contribution >= 0.6 is 0 Å². The van der Waals surface area contributed by atoms with Crippen molar-refractivity contribution >= 4 is 0 Å². The number of hydrogen-bond donors (Lipinski definition) is 1. The van der Waals surface area contributed by atoms with Gasteiger partial charge in [-0.3, -0.25) is 0 Å². The molecule has 0 fully saturated rings. The quantitative estimate of drug-likeness (QED) is 0.560. The van der Waals surface area contributed by atoms with Gasteiger partial charge in [-0.25, -0.2) is 13.2 Å². The molecule has 0 spiro atoms. The first kappa shape index (κ1) is 10.9. The van der Waals surface area contributed by atoms with Gasteiger partial charge in [0.05, 0.1) is 5.56 Å². The summed E-state index contributed by atoms with van der Waals surface area (Å²) in [5.41, 5.74) is -2.11. The molecule has 0 saturated carbocycles. The number of halogens is 5. The van der Waals surface area contributed by atoms with Crippen LogP contribution in [-0.2, 0) is 6.11 Å². The summed E-state index contributed by atoms with van der Waals surface area (Å²) in [6.45, 7) is 0.817. The highest BCUT2D eigenvalue weighted by Gasteiger charge is 2.33. The number of aliphatic hydroxyl groups is 1. The average molecular weight is 212 g/mol. The zero-order valence-electron chi connectivity index (χ0n) is 6.91. The summed E-state index contributed by atoms with van der Waals surface area (Å²) in [4.78, 5) is 0. The third-order valence-corrected chi connectivity index (χ3v) is 1.73. The van der Waals surface area contributed by atoms with Crippen LogP contribution in [0, 0.1) is 24.4 Å². The van der Waals surface area contributed by atoms with Crippen LogP contribution in [-0.4, -0.2) is 5.11 Å². The summed E-state index contributed by atoms with van der Waals surface area (Å²) in [6.07, 6.45) is -4.39. The summed E-state index contributed by atoms with van der Waals surface area (Å²) in [5.74, 6) is -5.33. The van der Waals surface area contributed by atoms with Crippen LogP contribution in [0.15, 0.2) is 6.07 Å². The van der Waals surface area contributed by atoms with Gasteiger partial charge in [0.1, 0.15) is 0 Å². The second-order valence-electron chi connectivity index (χ2n) is 2.70. The largest absolute Gasteiger partial charge is 0.381 e. The molecule has 0 radical (unpaired) electrons. The fourth-order valence-corrected chi connectivity index (χ4v) is 0.998. The van der Waals surface area contributed by atoms with Crippen LogP contribution in [0.3, 0.4) is 0 Å². The molecule has 1 nitrogen and oxygen atoms in total. The molecule has 1 aromatic carbocycles. The minimum absolute atomic E-state index is 0.0632. The highest BCUT2D eigenvalue weighted by molar-refractivity contribution is 5.31. The molecule has 0 aromatic heterocycles. The van der Waals surface area contributed by atoms with Gasteiger partial charge < -0.3 is 5.11 Å². The maximum atomic E-state index is 12.7. The van der Waals surface area contributed by atoms with Crippen molar-refractivity contribution in [3.05, 3.63) is 34.6 Å². The molecular formula is C8H5F5O. The van der Waals surface area contributed by atoms with Crippen LogP contribution in [0.5, 0.6) is 0 Å². The smallest absolute Gasteiger partial charge is 0.332 e. The first-order valence-corrected chi connectivity index (χ1v) is 3.50. The minimum atomic E-state index is -4.39. The second-order valence-corrected chi connectivity index (χ2v) is 2.70. The summed E-state index contributed by atoms with van der Waals surface area (Å²) >= 11 is 0. The summed E-state index contributed by atoms with van der Waals surface area (Å²) in [5, 5.41) is 8.22. The summed E-state index contributed by atoms with van der Waals surface area (Å²) in [7, 11) is 0. The first-order chi connectivity index (χ1) is 6.25. The van der Waals surface area contributed by atoms with Crippen LogP contribution in [0.4, 0.5) is 22.0 Å². The van der Waals surface area contributed by atoms with E-state index >= 15 is 0 Å². The molecule has 0 bridgehead atoms. The molecule has 0 amide bonds. The van der Waals surface area contributed by atoms with Gasteiger partial charge in [0.2, 0.25) is 0 Å². The van der Waals surface area contributed by atoms with Crippen molar-refractivity contribution in [1.82, 2.24) is 0 Å². The highest BCUT2D eigenvalue weighted by atomic mass is 19.3. The maximum absolute atomic E-state index is 12.7. The molecule has 0 unspecified atom stereocenters. The SMILES string of the molecule is Cc1c(C(O)(F)F)cc(F)c(F)c1F. The fraction of sp³-hybridized carbons (Fsp3) is 0.250. The summed E-state index contributed by atoms with van der Waals surface area (Å²) in [6, 6.07) is 0.0632. The molecular weight excluding hydrogens is 207 g/mol. The molecule has 0 aliphatic heterocycles. The Morgan fingerprint density at radius 2 is 1.64 bits per heavy atom. The molecule has 0 atom stereocenters. The predicted octanol–water partition coefficient (Wildman–Crippen LogP) is 2.45. The molecule has 6 heteroatoms. The van der Waals surface area contributed by atoms with Crippen molar-refractivity contribution in [1.29, 1.82) is 0 Å². The van der Waals surface area contributed by atoms with Gasteiger partial charge in [-0.05, 0) is 18.6 Å². The molecule has 0 heterocycles. The lowest BCUT2D eigenvalue weighted by molar-refractivity contribution is -0.209. The van der Waals surface area contributed by atoms with Gasteiger partial charge in [0.15, 0.2) is 17.5 Å². The van der Waals surface area contributed by atoms with Crippen LogP contribution in [0.1, 0.15) is 11.1 Å². The fourth-order valence-electron chi connectivity index (χ4n) is 0.998. The lowest BCUT2D eigenvalue weighted by Gasteiger charge is -2.13. The van der Waals surface area contributed by atoms with Crippen LogP contribution < -0.4 is 0 Å². The number of hydrogen-bond acceptors (Lipinski definition) is 1. The third kappa shape index (κ3) is 1.70. The van der Waals surface area contributed by atoms with Crippen molar-refractivity contribution in [2.45, 2.75) is 13.0 Å². The zero-order chi connectivity index (χ0) is 11.1. The van der Waals surface area contributed by atoms with Gasteiger partial charge in [-0.15, -0.1) is 0 Å². The first-order valence-electron chi connectivity index (χ1n) is 3.50. The van der Waals surface area contributed by atoms with Crippen molar-refractivity contribution in [3.63, 3.8) is 0 Å². The Balaban J connectivity index is 3.49. The van der Waals surface area contributed by atoms with Gasteiger partial charge in [-0.1, -0.05) is 0 Å². The van der Waals surface area contributed by atoms with E-state index in [-0.39, 0.29) is 6.07 Å². The van der Waals surface area contributed by atoms with E-state index in [0.29, 0.717) is 0 Å². The molecule has 0 aliphatic rings. The minimum Gasteiger partial charge on any atom is -0.332 e. The second kappa shape index (κ2) is 3.20. The van der Waals surface area contributed by atoms with E-state index in [9.17, 15) is 22.0 Å². The molecule has 1 rings (SSSR count). The average Bonchev–Trinajstić information content (AvgIpc) is 2.06. The molecule has 14 heavy (non-hydrogen) atoms. The summed E-state index contributed by atoms with van der Waals surface area (Å²) < 4.78 is 62.3. The molecule has 78 valence electrons. The van der Waals surface area contributed by atoms with E-state index in [1.54, 1.807) is 0 Å². The normalized spacial score (nSPS) is 11.9. The van der Waals surface area contributed by atoms with E-state index in [0.717, 1.165) is 6.92 Å². The third-order valence-electron chi connectivity index (χ3n) is 1.73. The molecule has 0 aliphatic carbocycles. The van der Waals surface area contributed by atoms with Gasteiger partial charge in [0.25, 0.3) is 0 Å². The molecule has 1 N–H and O–H groups in total. The lowest BCUT2D eigenvalue weighted by Crippen LogP contribution is -2.16. The Morgan fingerprint density at radius 3 is 2.07 bits per heavy atom. The van der Waals surface area contributed by atoms with E-state index < -0.39 is 34.7 Å². The predicted molar refractivity (Wildman–Crippen MR) is 37.2 cm³/mol. The van der Waals surface area contributed by atoms with Gasteiger partial charge in [-0.2, -0.15) is 8.78 Å². The Labute approximate surface area is 75.8 Å². The van der Waals surface area contributed by atoms with E-state index in [2.05, 4.69) is 0 Å². The Kier molecular flexibility index (Phi) is 2.49. The Hall–Kier alpha value is -1.17. The topological polar surface area (TPSA) is 20.2 Å². The van der Waals surface area contributed by atoms with E-state index in [1.807, 2.05) is 0 Å². The van der Waals surface area contributed by atoms with Crippen molar-refractivity contribution in [2.75, 3.05) is 0 Å². The Bertz CT molecular complexity index is 369.